The molecule has 0 radical (unpaired) electrons. The van der Waals surface area contributed by atoms with Crippen molar-refractivity contribution in [3.05, 3.63) is 42.1 Å². The molecule has 2 atom stereocenters. The summed E-state index contributed by atoms with van der Waals surface area (Å²) in [5.41, 5.74) is 4.34. The molecule has 1 amide bonds. The van der Waals surface area contributed by atoms with Crippen LogP contribution in [0.25, 0.3) is 33.6 Å². The maximum atomic E-state index is 13.6. The van der Waals surface area contributed by atoms with E-state index in [0.29, 0.717) is 29.3 Å². The van der Waals surface area contributed by atoms with Crippen LogP contribution in [0.5, 0.6) is 5.75 Å². The zero-order valence-electron chi connectivity index (χ0n) is 21.5. The second-order valence-electron chi connectivity index (χ2n) is 10.9. The molecule has 8 nitrogen and oxygen atoms in total. The Morgan fingerprint density at radius 2 is 2.08 bits per heavy atom. The summed E-state index contributed by atoms with van der Waals surface area (Å²) in [6, 6.07) is 10.1. The van der Waals surface area contributed by atoms with Crippen LogP contribution < -0.4 is 4.74 Å². The fraction of sp³-hybridized carbons (Fsp3) is 0.483. The number of methoxy groups -OCH3 is 1. The summed E-state index contributed by atoms with van der Waals surface area (Å²) in [6.45, 7) is 3.27. The SMILES string of the molecule is COc1cc(C(=O)N2CC[C@H]3OCCC[C@H]3C2)cc2nc(-c3cc4cccnc4n3CC3CC3)n(C)c12. The van der Waals surface area contributed by atoms with Crippen LogP contribution in [-0.4, -0.2) is 62.8 Å². The van der Waals surface area contributed by atoms with Crippen molar-refractivity contribution in [1.82, 2.24) is 24.0 Å². The maximum Gasteiger partial charge on any atom is 0.254 e. The first-order valence-electron chi connectivity index (χ1n) is 13.5. The van der Waals surface area contributed by atoms with E-state index >= 15 is 0 Å². The quantitative estimate of drug-likeness (QED) is 0.400. The number of aryl methyl sites for hydroxylation is 1. The van der Waals surface area contributed by atoms with Crippen LogP contribution in [0.1, 0.15) is 42.5 Å². The highest BCUT2D eigenvalue weighted by atomic mass is 16.5. The maximum absolute atomic E-state index is 13.6. The van der Waals surface area contributed by atoms with Gasteiger partial charge in [-0.1, -0.05) is 0 Å². The molecule has 2 saturated heterocycles. The van der Waals surface area contributed by atoms with Crippen LogP contribution in [0, 0.1) is 11.8 Å². The lowest BCUT2D eigenvalue weighted by molar-refractivity contribution is -0.0606. The number of ether oxygens (including phenoxy) is 2. The zero-order chi connectivity index (χ0) is 25.1. The van der Waals surface area contributed by atoms with E-state index in [1.54, 1.807) is 7.11 Å². The van der Waals surface area contributed by atoms with Crippen LogP contribution in [0.3, 0.4) is 0 Å². The molecule has 0 spiro atoms. The molecule has 37 heavy (non-hydrogen) atoms. The number of pyridine rings is 1. The standard InChI is InChI=1S/C29H33N5O3/c1-32-26-22(31-28(32)23-14-19-5-3-10-30-27(19)34(23)16-18-7-8-18)13-21(15-25(26)36-2)29(35)33-11-9-24-20(17-33)6-4-12-37-24/h3,5,10,13-15,18,20,24H,4,6-9,11-12,16-17H2,1-2H3/t20-,24+/m0/s1. The topological polar surface area (TPSA) is 74.4 Å². The molecule has 1 aromatic carbocycles. The van der Waals surface area contributed by atoms with Crippen LogP contribution in [0.4, 0.5) is 0 Å². The Labute approximate surface area is 216 Å². The minimum Gasteiger partial charge on any atom is -0.494 e. The average Bonchev–Trinajstić information content (AvgIpc) is 3.60. The summed E-state index contributed by atoms with van der Waals surface area (Å²) >= 11 is 0. The number of fused-ring (bicyclic) bond motifs is 3. The second-order valence-corrected chi connectivity index (χ2v) is 10.9. The third kappa shape index (κ3) is 3.89. The van der Waals surface area contributed by atoms with Gasteiger partial charge in [0.1, 0.15) is 16.9 Å². The zero-order valence-corrected chi connectivity index (χ0v) is 21.5. The molecule has 5 heterocycles. The summed E-state index contributed by atoms with van der Waals surface area (Å²) in [5, 5.41) is 1.11. The Bertz CT molecular complexity index is 1500. The number of carbonyl (C=O) groups excluding carboxylic acids is 1. The smallest absolute Gasteiger partial charge is 0.254 e. The van der Waals surface area contributed by atoms with Crippen molar-refractivity contribution in [3.63, 3.8) is 0 Å². The van der Waals surface area contributed by atoms with Crippen LogP contribution in [0.15, 0.2) is 36.5 Å². The Hall–Kier alpha value is -3.39. The van der Waals surface area contributed by atoms with Crippen LogP contribution >= 0.6 is 0 Å². The molecule has 7 rings (SSSR count). The Balaban J connectivity index is 1.28. The van der Waals surface area contributed by atoms with Crippen molar-refractivity contribution < 1.29 is 14.3 Å². The minimum absolute atomic E-state index is 0.0449. The monoisotopic (exact) mass is 499 g/mol. The van der Waals surface area contributed by atoms with Crippen molar-refractivity contribution in [3.8, 4) is 17.3 Å². The van der Waals surface area contributed by atoms with Crippen LogP contribution in [-0.2, 0) is 18.3 Å². The molecule has 0 bridgehead atoms. The lowest BCUT2D eigenvalue weighted by Gasteiger charge is -2.41. The van der Waals surface area contributed by atoms with Crippen molar-refractivity contribution in [2.24, 2.45) is 18.9 Å². The van der Waals surface area contributed by atoms with Gasteiger partial charge in [0.05, 0.1) is 24.4 Å². The van der Waals surface area contributed by atoms with Crippen molar-refractivity contribution in [2.45, 2.75) is 44.8 Å². The van der Waals surface area contributed by atoms with Crippen LogP contribution in [0.2, 0.25) is 0 Å². The van der Waals surface area contributed by atoms with Gasteiger partial charge < -0.3 is 23.5 Å². The number of likely N-dealkylation sites (tertiary alicyclic amines) is 1. The number of piperidine rings is 1. The molecular formula is C29H33N5O3. The molecule has 1 saturated carbocycles. The fourth-order valence-corrected chi connectivity index (χ4v) is 6.29. The van der Waals surface area contributed by atoms with Gasteiger partial charge in [-0.3, -0.25) is 4.79 Å². The van der Waals surface area contributed by atoms with Gasteiger partial charge in [0.15, 0.2) is 5.82 Å². The highest BCUT2D eigenvalue weighted by molar-refractivity contribution is 6.00. The van der Waals surface area contributed by atoms with Gasteiger partial charge in [0, 0.05) is 56.4 Å². The molecule has 1 aliphatic carbocycles. The number of carbonyl (C=O) groups is 1. The number of aromatic nitrogens is 4. The van der Waals surface area contributed by atoms with E-state index in [0.717, 1.165) is 79.1 Å². The summed E-state index contributed by atoms with van der Waals surface area (Å²) < 4.78 is 16.2. The van der Waals surface area contributed by atoms with Gasteiger partial charge in [0.25, 0.3) is 5.91 Å². The molecule has 8 heteroatoms. The van der Waals surface area contributed by atoms with Gasteiger partial charge in [0.2, 0.25) is 0 Å². The normalized spacial score (nSPS) is 21.9. The number of benzene rings is 1. The number of amides is 1. The Kier molecular flexibility index (Phi) is 5.46. The summed E-state index contributed by atoms with van der Waals surface area (Å²) in [7, 11) is 3.68. The Morgan fingerprint density at radius 1 is 1.19 bits per heavy atom. The lowest BCUT2D eigenvalue weighted by atomic mass is 9.88. The van der Waals surface area contributed by atoms with Gasteiger partial charge in [-0.05, 0) is 68.4 Å². The Morgan fingerprint density at radius 3 is 2.92 bits per heavy atom. The van der Waals surface area contributed by atoms with E-state index in [1.165, 1.54) is 12.8 Å². The predicted molar refractivity (Wildman–Crippen MR) is 142 cm³/mol. The summed E-state index contributed by atoms with van der Waals surface area (Å²) in [4.78, 5) is 25.4. The molecule has 3 aromatic heterocycles. The van der Waals surface area contributed by atoms with E-state index in [9.17, 15) is 4.79 Å². The number of hydrogen-bond acceptors (Lipinski definition) is 5. The van der Waals surface area contributed by atoms with Gasteiger partial charge in [-0.25, -0.2) is 9.97 Å². The predicted octanol–water partition coefficient (Wildman–Crippen LogP) is 4.65. The minimum atomic E-state index is 0.0449. The molecule has 0 N–H and O–H groups in total. The number of nitrogens with zero attached hydrogens (tertiary/aromatic N) is 5. The average molecular weight is 500 g/mol. The third-order valence-corrected chi connectivity index (χ3v) is 8.43. The molecule has 2 aliphatic heterocycles. The van der Waals surface area contributed by atoms with Gasteiger partial charge in [-0.2, -0.15) is 0 Å². The van der Waals surface area contributed by atoms with E-state index in [4.69, 9.17) is 14.5 Å². The van der Waals surface area contributed by atoms with E-state index in [-0.39, 0.29) is 5.91 Å². The van der Waals surface area contributed by atoms with E-state index in [1.807, 2.05) is 36.3 Å². The first-order chi connectivity index (χ1) is 18.1. The summed E-state index contributed by atoms with van der Waals surface area (Å²) in [6.07, 6.45) is 7.79. The van der Waals surface area contributed by atoms with Crippen molar-refractivity contribution in [2.75, 3.05) is 26.8 Å². The van der Waals surface area contributed by atoms with Crippen molar-refractivity contribution >= 4 is 28.0 Å². The first-order valence-corrected chi connectivity index (χ1v) is 13.5. The largest absolute Gasteiger partial charge is 0.494 e. The number of rotatable bonds is 5. The van der Waals surface area contributed by atoms with Gasteiger partial charge >= 0.3 is 0 Å². The fourth-order valence-electron chi connectivity index (χ4n) is 6.29. The van der Waals surface area contributed by atoms with E-state index in [2.05, 4.69) is 26.3 Å². The highest BCUT2D eigenvalue weighted by Gasteiger charge is 2.34. The number of imidazole rings is 1. The lowest BCUT2D eigenvalue weighted by Crippen LogP contribution is -2.48. The summed E-state index contributed by atoms with van der Waals surface area (Å²) in [5.74, 6) is 2.70. The molecule has 3 fully saturated rings. The number of hydrogen-bond donors (Lipinski definition) is 0. The van der Waals surface area contributed by atoms with E-state index < -0.39 is 0 Å². The first kappa shape index (κ1) is 22.8. The third-order valence-electron chi connectivity index (χ3n) is 8.43. The molecular weight excluding hydrogens is 466 g/mol. The van der Waals surface area contributed by atoms with Gasteiger partial charge in [-0.15, -0.1) is 0 Å². The molecule has 3 aliphatic rings. The molecule has 192 valence electrons. The highest BCUT2D eigenvalue weighted by Crippen LogP contribution is 2.38. The van der Waals surface area contributed by atoms with Crippen molar-refractivity contribution in [1.29, 1.82) is 0 Å². The molecule has 0 unspecified atom stereocenters. The molecule has 4 aromatic rings. The second kappa shape index (κ2) is 8.87.